The summed E-state index contributed by atoms with van der Waals surface area (Å²) in [6.45, 7) is 10.8. The largest absolute Gasteiger partial charge is 0.493 e. The summed E-state index contributed by atoms with van der Waals surface area (Å²) >= 11 is 1.42. The third-order valence-corrected chi connectivity index (χ3v) is 5.76. The third-order valence-electron chi connectivity index (χ3n) is 4.80. The fourth-order valence-electron chi connectivity index (χ4n) is 3.13. The van der Waals surface area contributed by atoms with E-state index in [1.165, 1.54) is 16.7 Å². The Balaban J connectivity index is 1.94. The summed E-state index contributed by atoms with van der Waals surface area (Å²) in [6.07, 6.45) is 0. The number of rotatable bonds is 7. The molecule has 0 saturated heterocycles. The van der Waals surface area contributed by atoms with Crippen molar-refractivity contribution in [2.75, 3.05) is 17.3 Å². The van der Waals surface area contributed by atoms with Gasteiger partial charge in [-0.2, -0.15) is 0 Å². The quantitative estimate of drug-likeness (QED) is 0.576. The number of ether oxygens (including phenoxy) is 1. The van der Waals surface area contributed by atoms with Crippen LogP contribution in [0.2, 0.25) is 0 Å². The Morgan fingerprint density at radius 3 is 2.24 bits per heavy atom. The van der Waals surface area contributed by atoms with Crippen LogP contribution in [0, 0.1) is 19.8 Å². The highest BCUT2D eigenvalue weighted by Gasteiger charge is 2.40. The molecule has 1 heterocycles. The van der Waals surface area contributed by atoms with Gasteiger partial charge >= 0.3 is 0 Å². The van der Waals surface area contributed by atoms with Crippen LogP contribution in [-0.2, 0) is 9.59 Å². The molecule has 2 aromatic rings. The molecule has 1 aliphatic rings. The van der Waals surface area contributed by atoms with E-state index >= 15 is 0 Å². The van der Waals surface area contributed by atoms with E-state index in [-0.39, 0.29) is 11.8 Å². The van der Waals surface area contributed by atoms with Gasteiger partial charge in [0.25, 0.3) is 11.8 Å². The predicted molar refractivity (Wildman–Crippen MR) is 120 cm³/mol. The smallest absolute Gasteiger partial charge is 0.272 e. The third kappa shape index (κ3) is 4.40. The Morgan fingerprint density at radius 1 is 0.966 bits per heavy atom. The van der Waals surface area contributed by atoms with Crippen molar-refractivity contribution in [3.05, 3.63) is 64.1 Å². The van der Waals surface area contributed by atoms with Gasteiger partial charge in [-0.05, 0) is 66.5 Å². The summed E-state index contributed by atoms with van der Waals surface area (Å²) in [5.41, 5.74) is 4.10. The van der Waals surface area contributed by atoms with Crippen LogP contribution in [-0.4, -0.2) is 24.2 Å². The number of nitrogens with zero attached hydrogens (tertiary/aromatic N) is 1. The number of thioether (sulfide) groups is 1. The lowest BCUT2D eigenvalue weighted by Crippen LogP contribution is -2.31. The summed E-state index contributed by atoms with van der Waals surface area (Å²) in [5.74, 6) is 1.34. The zero-order valence-electron chi connectivity index (χ0n) is 17.6. The zero-order chi connectivity index (χ0) is 21.1. The van der Waals surface area contributed by atoms with E-state index in [0.717, 1.165) is 28.2 Å². The van der Waals surface area contributed by atoms with Gasteiger partial charge in [0.1, 0.15) is 5.75 Å². The number of hydrogen-bond donors (Lipinski definition) is 0. The lowest BCUT2D eigenvalue weighted by Gasteiger charge is -2.16. The molecule has 0 radical (unpaired) electrons. The fraction of sp³-hybridized carbons (Fsp3) is 0.333. The van der Waals surface area contributed by atoms with E-state index in [9.17, 15) is 9.59 Å². The molecule has 0 spiro atoms. The molecule has 2 aromatic carbocycles. The van der Waals surface area contributed by atoms with Crippen LogP contribution >= 0.6 is 11.8 Å². The van der Waals surface area contributed by atoms with Crippen LogP contribution < -0.4 is 9.64 Å². The van der Waals surface area contributed by atoms with Crippen LogP contribution in [0.4, 0.5) is 5.69 Å². The maximum Gasteiger partial charge on any atom is 0.272 e. The second-order valence-electron chi connectivity index (χ2n) is 7.58. The van der Waals surface area contributed by atoms with Crippen LogP contribution in [0.25, 0.3) is 5.57 Å². The van der Waals surface area contributed by atoms with Gasteiger partial charge < -0.3 is 4.74 Å². The summed E-state index contributed by atoms with van der Waals surface area (Å²) in [6, 6.07) is 13.0. The van der Waals surface area contributed by atoms with E-state index in [1.807, 2.05) is 39.0 Å². The average molecular weight is 410 g/mol. The highest BCUT2D eigenvalue weighted by atomic mass is 32.2. The first-order chi connectivity index (χ1) is 13.8. The van der Waals surface area contributed by atoms with Crippen molar-refractivity contribution in [3.8, 4) is 5.75 Å². The minimum absolute atomic E-state index is 0.258. The van der Waals surface area contributed by atoms with Gasteiger partial charge in [-0.3, -0.25) is 9.59 Å². The molecule has 0 aromatic heterocycles. The molecule has 2 amide bonds. The summed E-state index contributed by atoms with van der Waals surface area (Å²) in [5, 5.41) is 0. The highest BCUT2D eigenvalue weighted by molar-refractivity contribution is 8.04. The standard InChI is InChI=1S/C24H27NO3S/c1-6-29-22-21(18-8-7-16(4)17(5)13-18)23(26)25(24(22)27)19-9-11-20(12-10-19)28-14-15(2)3/h7-13,15H,6,14H2,1-5H3. The minimum atomic E-state index is -0.273. The SMILES string of the molecule is CCSC1=C(c2ccc(C)c(C)c2)C(=O)N(c2ccc(OCC(C)C)cc2)C1=O. The van der Waals surface area contributed by atoms with Gasteiger partial charge in [0.15, 0.2) is 0 Å². The Bertz CT molecular complexity index is 961. The molecule has 4 nitrogen and oxygen atoms in total. The number of aryl methyl sites for hydroxylation is 2. The number of hydrogen-bond acceptors (Lipinski definition) is 4. The first-order valence-corrected chi connectivity index (χ1v) is 10.9. The first-order valence-electron chi connectivity index (χ1n) is 9.89. The predicted octanol–water partition coefficient (Wildman–Crippen LogP) is 5.38. The molecule has 0 aliphatic carbocycles. The van der Waals surface area contributed by atoms with Crippen molar-refractivity contribution in [1.29, 1.82) is 0 Å². The summed E-state index contributed by atoms with van der Waals surface area (Å²) in [4.78, 5) is 28.2. The number of carbonyl (C=O) groups excluding carboxylic acids is 2. The monoisotopic (exact) mass is 409 g/mol. The molecular weight excluding hydrogens is 382 g/mol. The molecule has 29 heavy (non-hydrogen) atoms. The Hall–Kier alpha value is -2.53. The molecule has 0 atom stereocenters. The Morgan fingerprint density at radius 2 is 1.66 bits per heavy atom. The zero-order valence-corrected chi connectivity index (χ0v) is 18.4. The number of amides is 2. The van der Waals surface area contributed by atoms with Crippen LogP contribution in [0.3, 0.4) is 0 Å². The Labute approximate surface area is 176 Å². The van der Waals surface area contributed by atoms with Gasteiger partial charge in [-0.1, -0.05) is 39.0 Å². The molecule has 0 bridgehead atoms. The van der Waals surface area contributed by atoms with Crippen LogP contribution in [0.15, 0.2) is 47.4 Å². The van der Waals surface area contributed by atoms with E-state index in [0.29, 0.717) is 28.7 Å². The number of benzene rings is 2. The van der Waals surface area contributed by atoms with Crippen molar-refractivity contribution < 1.29 is 14.3 Å². The normalized spacial score (nSPS) is 14.3. The van der Waals surface area contributed by atoms with E-state index in [2.05, 4.69) is 13.8 Å². The fourth-order valence-corrected chi connectivity index (χ4v) is 3.98. The van der Waals surface area contributed by atoms with Crippen molar-refractivity contribution in [2.45, 2.75) is 34.6 Å². The van der Waals surface area contributed by atoms with Crippen molar-refractivity contribution in [3.63, 3.8) is 0 Å². The van der Waals surface area contributed by atoms with Crippen molar-refractivity contribution in [1.82, 2.24) is 0 Å². The van der Waals surface area contributed by atoms with E-state index < -0.39 is 0 Å². The molecule has 1 aliphatic heterocycles. The molecule has 152 valence electrons. The van der Waals surface area contributed by atoms with Crippen LogP contribution in [0.1, 0.15) is 37.5 Å². The first kappa shape index (κ1) is 21.2. The van der Waals surface area contributed by atoms with Gasteiger partial charge in [-0.15, -0.1) is 11.8 Å². The van der Waals surface area contributed by atoms with E-state index in [1.54, 1.807) is 24.3 Å². The lowest BCUT2D eigenvalue weighted by molar-refractivity contribution is -0.119. The molecule has 0 saturated carbocycles. The topological polar surface area (TPSA) is 46.6 Å². The minimum Gasteiger partial charge on any atom is -0.493 e. The average Bonchev–Trinajstić information content (AvgIpc) is 2.93. The van der Waals surface area contributed by atoms with Crippen LogP contribution in [0.5, 0.6) is 5.75 Å². The van der Waals surface area contributed by atoms with E-state index in [4.69, 9.17) is 4.74 Å². The second kappa shape index (κ2) is 8.87. The van der Waals surface area contributed by atoms with Crippen molar-refractivity contribution in [2.24, 2.45) is 5.92 Å². The molecular formula is C24H27NO3S. The molecule has 3 rings (SSSR count). The maximum atomic E-state index is 13.3. The second-order valence-corrected chi connectivity index (χ2v) is 8.85. The maximum absolute atomic E-state index is 13.3. The summed E-state index contributed by atoms with van der Waals surface area (Å²) in [7, 11) is 0. The molecule has 0 unspecified atom stereocenters. The molecule has 0 fully saturated rings. The van der Waals surface area contributed by atoms with Gasteiger partial charge in [0.2, 0.25) is 0 Å². The van der Waals surface area contributed by atoms with Gasteiger partial charge in [0, 0.05) is 0 Å². The number of imide groups is 1. The lowest BCUT2D eigenvalue weighted by atomic mass is 10.0. The van der Waals surface area contributed by atoms with Gasteiger partial charge in [0.05, 0.1) is 22.8 Å². The number of anilines is 1. The Kier molecular flexibility index (Phi) is 6.48. The molecule has 0 N–H and O–H groups in total. The van der Waals surface area contributed by atoms with Crippen molar-refractivity contribution >= 4 is 34.8 Å². The summed E-state index contributed by atoms with van der Waals surface area (Å²) < 4.78 is 5.71. The van der Waals surface area contributed by atoms with Gasteiger partial charge in [-0.25, -0.2) is 4.90 Å². The highest BCUT2D eigenvalue weighted by Crippen LogP contribution is 2.39. The number of carbonyl (C=O) groups is 2. The molecule has 5 heteroatoms.